The molecule has 1 aromatic heterocycles. The third kappa shape index (κ3) is 3.73. The molecule has 1 fully saturated rings. The lowest BCUT2D eigenvalue weighted by molar-refractivity contribution is 0.478. The summed E-state index contributed by atoms with van der Waals surface area (Å²) in [4.78, 5) is 6.80. The Morgan fingerprint density at radius 2 is 2.22 bits per heavy atom. The summed E-state index contributed by atoms with van der Waals surface area (Å²) in [6.07, 6.45) is 4.97. The molecule has 23 heavy (non-hydrogen) atoms. The standard InChI is InChI=1S/C18H25N5/c1-15-6-3-4-7-17(15)16-8-12-22(14-16)18(19-2)20-10-13-23-11-5-9-21-23/h3-7,9,11,16H,8,10,12-14H2,1-2H3,(H,19,20). The summed E-state index contributed by atoms with van der Waals surface area (Å²) in [7, 11) is 1.86. The summed E-state index contributed by atoms with van der Waals surface area (Å²) in [5.41, 5.74) is 2.86. The number of nitrogens with one attached hydrogen (secondary N) is 1. The van der Waals surface area contributed by atoms with Gasteiger partial charge in [0.25, 0.3) is 0 Å². The Kier molecular flexibility index (Phi) is 4.95. The molecular weight excluding hydrogens is 286 g/mol. The van der Waals surface area contributed by atoms with Crippen LogP contribution in [0.15, 0.2) is 47.7 Å². The predicted molar refractivity (Wildman–Crippen MR) is 93.7 cm³/mol. The van der Waals surface area contributed by atoms with E-state index in [0.717, 1.165) is 32.1 Å². The Hall–Kier alpha value is -2.30. The fraction of sp³-hybridized carbons (Fsp3) is 0.444. The molecule has 1 aromatic carbocycles. The van der Waals surface area contributed by atoms with Crippen LogP contribution >= 0.6 is 0 Å². The molecule has 3 rings (SSSR count). The smallest absolute Gasteiger partial charge is 0.193 e. The van der Waals surface area contributed by atoms with E-state index in [4.69, 9.17) is 0 Å². The molecule has 5 heteroatoms. The fourth-order valence-corrected chi connectivity index (χ4v) is 3.30. The number of aliphatic imine (C=N–C) groups is 1. The van der Waals surface area contributed by atoms with Gasteiger partial charge < -0.3 is 10.2 Å². The van der Waals surface area contributed by atoms with Gasteiger partial charge in [0.15, 0.2) is 5.96 Å². The van der Waals surface area contributed by atoms with Crippen molar-refractivity contribution < 1.29 is 0 Å². The normalized spacial score (nSPS) is 18.4. The van der Waals surface area contributed by atoms with Gasteiger partial charge in [-0.1, -0.05) is 24.3 Å². The number of aryl methyl sites for hydroxylation is 1. The van der Waals surface area contributed by atoms with Crippen LogP contribution in [0.25, 0.3) is 0 Å². The van der Waals surface area contributed by atoms with E-state index < -0.39 is 0 Å². The number of aromatic nitrogens is 2. The van der Waals surface area contributed by atoms with Gasteiger partial charge >= 0.3 is 0 Å². The molecule has 0 spiro atoms. The first-order chi connectivity index (χ1) is 11.3. The Labute approximate surface area is 138 Å². The van der Waals surface area contributed by atoms with E-state index in [2.05, 4.69) is 51.5 Å². The van der Waals surface area contributed by atoms with Gasteiger partial charge in [-0.05, 0) is 30.5 Å². The Morgan fingerprint density at radius 3 is 2.96 bits per heavy atom. The quantitative estimate of drug-likeness (QED) is 0.696. The molecule has 1 saturated heterocycles. The summed E-state index contributed by atoms with van der Waals surface area (Å²) in [5.74, 6) is 1.59. The molecule has 1 N–H and O–H groups in total. The predicted octanol–water partition coefficient (Wildman–Crippen LogP) is 2.26. The van der Waals surface area contributed by atoms with E-state index in [0.29, 0.717) is 5.92 Å². The maximum atomic E-state index is 4.44. The van der Waals surface area contributed by atoms with Crippen molar-refractivity contribution in [2.75, 3.05) is 26.7 Å². The minimum absolute atomic E-state index is 0.598. The van der Waals surface area contributed by atoms with Gasteiger partial charge in [-0.3, -0.25) is 9.67 Å². The van der Waals surface area contributed by atoms with Crippen LogP contribution in [-0.4, -0.2) is 47.3 Å². The molecule has 0 bridgehead atoms. The van der Waals surface area contributed by atoms with E-state index in [1.807, 2.05) is 30.2 Å². The number of nitrogens with zero attached hydrogens (tertiary/aromatic N) is 4. The van der Waals surface area contributed by atoms with Crippen LogP contribution in [0.3, 0.4) is 0 Å². The first-order valence-corrected chi connectivity index (χ1v) is 8.26. The first kappa shape index (κ1) is 15.6. The molecule has 1 atom stereocenters. The third-order valence-electron chi connectivity index (χ3n) is 4.51. The van der Waals surface area contributed by atoms with Crippen LogP contribution in [0, 0.1) is 6.92 Å². The van der Waals surface area contributed by atoms with E-state index in [1.54, 1.807) is 0 Å². The molecule has 0 amide bonds. The van der Waals surface area contributed by atoms with Crippen molar-refractivity contribution in [1.29, 1.82) is 0 Å². The molecule has 0 aliphatic carbocycles. The van der Waals surface area contributed by atoms with E-state index >= 15 is 0 Å². The van der Waals surface area contributed by atoms with Crippen molar-refractivity contribution in [1.82, 2.24) is 20.0 Å². The van der Waals surface area contributed by atoms with Gasteiger partial charge in [-0.25, -0.2) is 0 Å². The van der Waals surface area contributed by atoms with Crippen LogP contribution in [0.2, 0.25) is 0 Å². The summed E-state index contributed by atoms with van der Waals surface area (Å²) in [6.45, 7) is 5.98. The highest BCUT2D eigenvalue weighted by molar-refractivity contribution is 5.80. The molecule has 0 saturated carbocycles. The maximum Gasteiger partial charge on any atom is 0.193 e. The van der Waals surface area contributed by atoms with Crippen LogP contribution in [-0.2, 0) is 6.54 Å². The minimum Gasteiger partial charge on any atom is -0.354 e. The van der Waals surface area contributed by atoms with Gasteiger partial charge in [-0.2, -0.15) is 5.10 Å². The Balaban J connectivity index is 1.55. The Morgan fingerprint density at radius 1 is 1.35 bits per heavy atom. The molecule has 1 aliphatic heterocycles. The maximum absolute atomic E-state index is 4.44. The second kappa shape index (κ2) is 7.31. The number of guanidine groups is 1. The van der Waals surface area contributed by atoms with Gasteiger partial charge in [0, 0.05) is 45.0 Å². The molecule has 1 aliphatic rings. The van der Waals surface area contributed by atoms with Crippen LogP contribution < -0.4 is 5.32 Å². The Bertz CT molecular complexity index is 647. The number of hydrogen-bond acceptors (Lipinski definition) is 2. The van der Waals surface area contributed by atoms with Crippen molar-refractivity contribution in [3.05, 3.63) is 53.9 Å². The number of rotatable bonds is 4. The summed E-state index contributed by atoms with van der Waals surface area (Å²) < 4.78 is 1.93. The summed E-state index contributed by atoms with van der Waals surface area (Å²) >= 11 is 0. The lowest BCUT2D eigenvalue weighted by atomic mass is 9.94. The third-order valence-corrected chi connectivity index (χ3v) is 4.51. The van der Waals surface area contributed by atoms with Crippen molar-refractivity contribution >= 4 is 5.96 Å². The van der Waals surface area contributed by atoms with Gasteiger partial charge in [0.05, 0.1) is 6.54 Å². The average molecular weight is 311 g/mol. The highest BCUT2D eigenvalue weighted by Crippen LogP contribution is 2.29. The average Bonchev–Trinajstić information content (AvgIpc) is 3.24. The monoisotopic (exact) mass is 311 g/mol. The molecule has 1 unspecified atom stereocenters. The SMILES string of the molecule is CN=C(NCCn1cccn1)N1CCC(c2ccccc2C)C1. The number of hydrogen-bond donors (Lipinski definition) is 1. The highest BCUT2D eigenvalue weighted by atomic mass is 15.3. The molecular formula is C18H25N5. The van der Waals surface area contributed by atoms with Gasteiger partial charge in [0.2, 0.25) is 0 Å². The van der Waals surface area contributed by atoms with Crippen LogP contribution in [0.5, 0.6) is 0 Å². The molecule has 0 radical (unpaired) electrons. The zero-order valence-corrected chi connectivity index (χ0v) is 13.9. The van der Waals surface area contributed by atoms with E-state index in [1.165, 1.54) is 17.5 Å². The van der Waals surface area contributed by atoms with Crippen molar-refractivity contribution in [2.24, 2.45) is 4.99 Å². The van der Waals surface area contributed by atoms with Crippen molar-refractivity contribution in [3.63, 3.8) is 0 Å². The molecule has 5 nitrogen and oxygen atoms in total. The van der Waals surface area contributed by atoms with E-state index in [-0.39, 0.29) is 0 Å². The molecule has 2 heterocycles. The minimum atomic E-state index is 0.598. The van der Waals surface area contributed by atoms with Crippen molar-refractivity contribution in [2.45, 2.75) is 25.8 Å². The zero-order valence-electron chi connectivity index (χ0n) is 13.9. The van der Waals surface area contributed by atoms with Gasteiger partial charge in [-0.15, -0.1) is 0 Å². The summed E-state index contributed by atoms with van der Waals surface area (Å²) in [6, 6.07) is 10.7. The first-order valence-electron chi connectivity index (χ1n) is 8.26. The topological polar surface area (TPSA) is 45.5 Å². The van der Waals surface area contributed by atoms with Crippen molar-refractivity contribution in [3.8, 4) is 0 Å². The highest BCUT2D eigenvalue weighted by Gasteiger charge is 2.26. The van der Waals surface area contributed by atoms with Gasteiger partial charge in [0.1, 0.15) is 0 Å². The van der Waals surface area contributed by atoms with Crippen LogP contribution in [0.1, 0.15) is 23.5 Å². The lowest BCUT2D eigenvalue weighted by Crippen LogP contribution is -2.41. The second-order valence-corrected chi connectivity index (χ2v) is 6.03. The fourth-order valence-electron chi connectivity index (χ4n) is 3.30. The number of benzene rings is 1. The number of likely N-dealkylation sites (tertiary alicyclic amines) is 1. The molecule has 2 aromatic rings. The summed E-state index contributed by atoms with van der Waals surface area (Å²) in [5, 5.41) is 7.67. The molecule has 122 valence electrons. The van der Waals surface area contributed by atoms with E-state index in [9.17, 15) is 0 Å². The largest absolute Gasteiger partial charge is 0.354 e. The lowest BCUT2D eigenvalue weighted by Gasteiger charge is -2.22. The van der Waals surface area contributed by atoms with Crippen LogP contribution in [0.4, 0.5) is 0 Å². The second-order valence-electron chi connectivity index (χ2n) is 6.03. The zero-order chi connectivity index (χ0) is 16.1.